The summed E-state index contributed by atoms with van der Waals surface area (Å²) in [7, 11) is 2.13. The second kappa shape index (κ2) is 9.17. The smallest absolute Gasteiger partial charge is 0.319 e. The highest BCUT2D eigenvalue weighted by Gasteiger charge is 2.34. The Bertz CT molecular complexity index is 1340. The molecule has 1 aliphatic carbocycles. The molecule has 1 aromatic carbocycles. The van der Waals surface area contributed by atoms with Gasteiger partial charge in [0.2, 0.25) is 0 Å². The summed E-state index contributed by atoms with van der Waals surface area (Å²) in [5.74, 6) is 0.750. The summed E-state index contributed by atoms with van der Waals surface area (Å²) in [6.07, 6.45) is 8.49. The van der Waals surface area contributed by atoms with Crippen LogP contribution in [0.15, 0.2) is 24.4 Å². The lowest BCUT2D eigenvalue weighted by Gasteiger charge is -2.34. The van der Waals surface area contributed by atoms with Crippen LogP contribution in [-0.2, 0) is 6.42 Å². The molecule has 37 heavy (non-hydrogen) atoms. The van der Waals surface area contributed by atoms with Gasteiger partial charge in [-0.2, -0.15) is 9.97 Å². The average Bonchev–Trinajstić information content (AvgIpc) is 3.60. The Hall–Kier alpha value is -2.84. The highest BCUT2D eigenvalue weighted by atomic mass is 19.1. The number of likely N-dealkylation sites (N-methyl/N-ethyl adjacent to an activating group) is 1. The van der Waals surface area contributed by atoms with Crippen LogP contribution in [-0.4, -0.2) is 71.3 Å². The maximum atomic E-state index is 16.4. The van der Waals surface area contributed by atoms with Crippen LogP contribution in [0, 0.1) is 5.82 Å². The second-order valence-electron chi connectivity index (χ2n) is 11.5. The van der Waals surface area contributed by atoms with E-state index in [0.717, 1.165) is 63.1 Å². The summed E-state index contributed by atoms with van der Waals surface area (Å²) in [5.41, 5.74) is 4.10. The first kappa shape index (κ1) is 23.3. The molecule has 194 valence electrons. The Morgan fingerprint density at radius 1 is 1.11 bits per heavy atom. The van der Waals surface area contributed by atoms with Crippen molar-refractivity contribution in [3.63, 3.8) is 0 Å². The van der Waals surface area contributed by atoms with Crippen LogP contribution in [0.5, 0.6) is 6.01 Å². The van der Waals surface area contributed by atoms with Gasteiger partial charge in [-0.3, -0.25) is 4.98 Å². The fraction of sp³-hybridized carbons (Fsp3) is 0.552. The minimum atomic E-state index is -0.380. The van der Waals surface area contributed by atoms with Crippen LogP contribution in [0.2, 0.25) is 0 Å². The predicted molar refractivity (Wildman–Crippen MR) is 143 cm³/mol. The highest BCUT2D eigenvalue weighted by molar-refractivity contribution is 5.92. The molecule has 0 spiro atoms. The normalized spacial score (nSPS) is 27.3. The van der Waals surface area contributed by atoms with Gasteiger partial charge in [-0.05, 0) is 69.2 Å². The molecular formula is C29H35FN6O. The number of piperazine rings is 1. The molecule has 1 N–H and O–H groups in total. The summed E-state index contributed by atoms with van der Waals surface area (Å²) in [4.78, 5) is 18.8. The molecule has 3 aliphatic heterocycles. The lowest BCUT2D eigenvalue weighted by molar-refractivity contribution is 0.188. The number of nitrogens with one attached hydrogen (secondary N) is 1. The van der Waals surface area contributed by atoms with Gasteiger partial charge in [-0.15, -0.1) is 0 Å². The first-order valence-electron chi connectivity index (χ1n) is 13.9. The number of anilines is 1. The number of benzene rings is 1. The van der Waals surface area contributed by atoms with Crippen molar-refractivity contribution >= 4 is 16.7 Å². The van der Waals surface area contributed by atoms with Crippen molar-refractivity contribution < 1.29 is 9.13 Å². The number of nitrogens with zero attached hydrogens (tertiary/aromatic N) is 5. The fourth-order valence-electron chi connectivity index (χ4n) is 6.98. The van der Waals surface area contributed by atoms with E-state index in [1.54, 1.807) is 6.20 Å². The summed E-state index contributed by atoms with van der Waals surface area (Å²) in [6.45, 7) is 5.50. The SMILES string of the molecule is CC1CCc2cccc(-c3ncc4c(N5C[C@H]6CC[C@@H](C5)N6)nc(OC[C@@H]5CCCN5C)nc4c3F)c21. The van der Waals surface area contributed by atoms with Crippen molar-refractivity contribution in [1.82, 2.24) is 25.2 Å². The maximum Gasteiger partial charge on any atom is 0.319 e. The number of aryl methyl sites for hydroxylation is 1. The van der Waals surface area contributed by atoms with Gasteiger partial charge >= 0.3 is 6.01 Å². The number of hydrogen-bond acceptors (Lipinski definition) is 7. The molecule has 2 bridgehead atoms. The molecule has 8 heteroatoms. The van der Waals surface area contributed by atoms with Crippen LogP contribution in [0.25, 0.3) is 22.2 Å². The van der Waals surface area contributed by atoms with Gasteiger partial charge in [-0.25, -0.2) is 4.39 Å². The molecule has 4 atom stereocenters. The topological polar surface area (TPSA) is 66.4 Å². The molecule has 1 unspecified atom stereocenters. The van der Waals surface area contributed by atoms with E-state index >= 15 is 4.39 Å². The molecule has 3 fully saturated rings. The van der Waals surface area contributed by atoms with Crippen molar-refractivity contribution in [3.05, 3.63) is 41.3 Å². The number of hydrogen-bond donors (Lipinski definition) is 1. The second-order valence-corrected chi connectivity index (χ2v) is 11.5. The van der Waals surface area contributed by atoms with Gasteiger partial charge in [0.05, 0.1) is 5.39 Å². The molecule has 3 aromatic rings. The molecule has 3 saturated heterocycles. The fourth-order valence-corrected chi connectivity index (χ4v) is 6.98. The zero-order chi connectivity index (χ0) is 25.1. The Morgan fingerprint density at radius 2 is 1.95 bits per heavy atom. The number of ether oxygens (including phenoxy) is 1. The van der Waals surface area contributed by atoms with Crippen molar-refractivity contribution in [2.75, 3.05) is 38.2 Å². The quantitative estimate of drug-likeness (QED) is 0.558. The zero-order valence-electron chi connectivity index (χ0n) is 21.7. The van der Waals surface area contributed by atoms with Crippen molar-refractivity contribution in [1.29, 1.82) is 0 Å². The minimum absolute atomic E-state index is 0.261. The van der Waals surface area contributed by atoms with E-state index in [9.17, 15) is 0 Å². The molecule has 0 amide bonds. The lowest BCUT2D eigenvalue weighted by Crippen LogP contribution is -2.51. The number of fused-ring (bicyclic) bond motifs is 4. The summed E-state index contributed by atoms with van der Waals surface area (Å²) in [6, 6.07) is 7.65. The van der Waals surface area contributed by atoms with Gasteiger partial charge < -0.3 is 19.9 Å². The lowest BCUT2D eigenvalue weighted by atomic mass is 9.94. The predicted octanol–water partition coefficient (Wildman–Crippen LogP) is 4.29. The van der Waals surface area contributed by atoms with Gasteiger partial charge in [0.1, 0.15) is 23.6 Å². The van der Waals surface area contributed by atoms with Crippen LogP contribution in [0.1, 0.15) is 56.1 Å². The Labute approximate surface area is 217 Å². The third-order valence-electron chi connectivity index (χ3n) is 9.03. The van der Waals surface area contributed by atoms with Gasteiger partial charge in [-0.1, -0.05) is 25.1 Å². The standard InChI is InChI=1S/C29H35FN6O/c1-17-8-9-18-5-3-7-22(24(17)18)26-25(30)27-23(13-31-26)28(36-14-19-10-11-20(15-36)32-19)34-29(33-27)37-16-21-6-4-12-35(21)2/h3,5,7,13,17,19-21,32H,4,6,8-12,14-16H2,1-2H3/t17?,19-,20+,21-/m0/s1. The van der Waals surface area contributed by atoms with Gasteiger partial charge in [0.15, 0.2) is 5.82 Å². The third kappa shape index (κ3) is 4.05. The Kier molecular flexibility index (Phi) is 5.77. The molecule has 0 saturated carbocycles. The van der Waals surface area contributed by atoms with Crippen molar-refractivity contribution in [2.45, 2.75) is 69.5 Å². The number of halogens is 1. The van der Waals surface area contributed by atoms with E-state index in [-0.39, 0.29) is 11.8 Å². The third-order valence-corrected chi connectivity index (χ3v) is 9.03. The number of aromatic nitrogens is 3. The largest absolute Gasteiger partial charge is 0.462 e. The Morgan fingerprint density at radius 3 is 2.73 bits per heavy atom. The number of rotatable bonds is 5. The monoisotopic (exact) mass is 502 g/mol. The molecule has 5 heterocycles. The van der Waals surface area contributed by atoms with Gasteiger partial charge in [0, 0.05) is 43.0 Å². The molecule has 4 aliphatic rings. The Balaban J connectivity index is 1.33. The molecule has 7 nitrogen and oxygen atoms in total. The van der Waals surface area contributed by atoms with E-state index < -0.39 is 0 Å². The maximum absolute atomic E-state index is 16.4. The van der Waals surface area contributed by atoms with E-state index in [1.807, 2.05) is 12.1 Å². The van der Waals surface area contributed by atoms with E-state index in [2.05, 4.69) is 40.1 Å². The summed E-state index contributed by atoms with van der Waals surface area (Å²) < 4.78 is 22.6. The van der Waals surface area contributed by atoms with Crippen LogP contribution in [0.4, 0.5) is 10.2 Å². The summed E-state index contributed by atoms with van der Waals surface area (Å²) >= 11 is 0. The first-order chi connectivity index (χ1) is 18.0. The highest BCUT2D eigenvalue weighted by Crippen LogP contribution is 2.41. The van der Waals surface area contributed by atoms with Crippen molar-refractivity contribution in [3.8, 4) is 17.3 Å². The minimum Gasteiger partial charge on any atom is -0.462 e. The van der Waals surface area contributed by atoms with E-state index in [4.69, 9.17) is 14.7 Å². The van der Waals surface area contributed by atoms with E-state index in [1.165, 1.54) is 17.5 Å². The van der Waals surface area contributed by atoms with Crippen molar-refractivity contribution in [2.24, 2.45) is 0 Å². The summed E-state index contributed by atoms with van der Waals surface area (Å²) in [5, 5.41) is 4.34. The van der Waals surface area contributed by atoms with Gasteiger partial charge in [0.25, 0.3) is 0 Å². The zero-order valence-corrected chi connectivity index (χ0v) is 21.7. The van der Waals surface area contributed by atoms with Crippen LogP contribution < -0.4 is 15.0 Å². The van der Waals surface area contributed by atoms with Crippen LogP contribution in [0.3, 0.4) is 0 Å². The average molecular weight is 503 g/mol. The van der Waals surface area contributed by atoms with Crippen LogP contribution >= 0.6 is 0 Å². The van der Waals surface area contributed by atoms with E-state index in [0.29, 0.717) is 47.2 Å². The molecule has 0 radical (unpaired) electrons. The molecular weight excluding hydrogens is 467 g/mol. The molecule has 7 rings (SSSR count). The number of likely N-dealkylation sites (tertiary alicyclic amines) is 1. The molecule has 2 aromatic heterocycles. The first-order valence-corrected chi connectivity index (χ1v) is 13.9. The number of pyridine rings is 1.